The van der Waals surface area contributed by atoms with E-state index in [1.54, 1.807) is 55.5 Å². The van der Waals surface area contributed by atoms with Crippen molar-refractivity contribution in [3.8, 4) is 11.5 Å². The van der Waals surface area contributed by atoms with Gasteiger partial charge in [0, 0.05) is 0 Å². The van der Waals surface area contributed by atoms with Gasteiger partial charge in [-0.15, -0.1) is 0 Å². The molecule has 1 amide bonds. The molecule has 0 spiro atoms. The Kier molecular flexibility index (Phi) is 7.36. The smallest absolute Gasteiger partial charge is 0.343 e. The monoisotopic (exact) mass is 465 g/mol. The number of hydrogen-bond acceptors (Lipinski definition) is 8. The van der Waals surface area contributed by atoms with Crippen molar-refractivity contribution in [1.29, 1.82) is 0 Å². The molecule has 0 saturated carbocycles. The zero-order valence-electron chi connectivity index (χ0n) is 19.1. The fourth-order valence-electron chi connectivity index (χ4n) is 3.17. The molecule has 2 aromatic carbocycles. The first-order valence-electron chi connectivity index (χ1n) is 10.2. The highest BCUT2D eigenvalue weighted by molar-refractivity contribution is 5.99. The number of nitrogens with one attached hydrogen (secondary N) is 1. The number of nitro groups is 1. The Balaban J connectivity index is 1.60. The molecule has 11 nitrogen and oxygen atoms in total. The minimum absolute atomic E-state index is 0.111. The highest BCUT2D eigenvalue weighted by Crippen LogP contribution is 2.21. The number of carbonyl (C=O) groups is 2. The average Bonchev–Trinajstić information content (AvgIpc) is 3.10. The quantitative estimate of drug-likeness (QED) is 0.177. The van der Waals surface area contributed by atoms with Crippen LogP contribution in [0.4, 0.5) is 5.69 Å². The molecule has 0 unspecified atom stereocenters. The van der Waals surface area contributed by atoms with E-state index in [1.165, 1.54) is 25.6 Å². The maximum atomic E-state index is 12.3. The van der Waals surface area contributed by atoms with Gasteiger partial charge >= 0.3 is 11.7 Å². The minimum atomic E-state index is -0.522. The molecule has 1 N–H and O–H groups in total. The summed E-state index contributed by atoms with van der Waals surface area (Å²) in [5, 5.41) is 19.2. The Morgan fingerprint density at radius 2 is 1.82 bits per heavy atom. The summed E-state index contributed by atoms with van der Waals surface area (Å²) in [6, 6.07) is 13.3. The van der Waals surface area contributed by atoms with Gasteiger partial charge in [0.05, 0.1) is 23.3 Å². The summed E-state index contributed by atoms with van der Waals surface area (Å²) in [5.41, 5.74) is 4.40. The number of hydrogen-bond donors (Lipinski definition) is 1. The van der Waals surface area contributed by atoms with E-state index in [0.717, 1.165) is 0 Å². The molecule has 0 bridgehead atoms. The average molecular weight is 465 g/mol. The van der Waals surface area contributed by atoms with Gasteiger partial charge in [0.2, 0.25) is 0 Å². The van der Waals surface area contributed by atoms with E-state index in [-0.39, 0.29) is 23.6 Å². The largest absolute Gasteiger partial charge is 0.497 e. The van der Waals surface area contributed by atoms with Crippen molar-refractivity contribution >= 4 is 23.3 Å². The van der Waals surface area contributed by atoms with E-state index >= 15 is 0 Å². The molecular weight excluding hydrogens is 442 g/mol. The number of esters is 1. The molecule has 1 heterocycles. The van der Waals surface area contributed by atoms with E-state index in [0.29, 0.717) is 28.3 Å². The third kappa shape index (κ3) is 5.63. The summed E-state index contributed by atoms with van der Waals surface area (Å²) >= 11 is 0. The van der Waals surface area contributed by atoms with Crippen molar-refractivity contribution in [2.45, 2.75) is 27.3 Å². The zero-order valence-corrected chi connectivity index (χ0v) is 19.1. The van der Waals surface area contributed by atoms with E-state index in [1.807, 2.05) is 0 Å². The topological polar surface area (TPSA) is 138 Å². The van der Waals surface area contributed by atoms with Gasteiger partial charge in [-0.1, -0.05) is 6.07 Å². The predicted octanol–water partition coefficient (Wildman–Crippen LogP) is 3.18. The summed E-state index contributed by atoms with van der Waals surface area (Å²) in [5.74, 6) is -0.105. The van der Waals surface area contributed by atoms with Crippen molar-refractivity contribution in [3.63, 3.8) is 0 Å². The van der Waals surface area contributed by atoms with Gasteiger partial charge in [-0.3, -0.25) is 19.6 Å². The van der Waals surface area contributed by atoms with Crippen LogP contribution in [-0.2, 0) is 11.3 Å². The van der Waals surface area contributed by atoms with Gasteiger partial charge < -0.3 is 9.47 Å². The first-order valence-corrected chi connectivity index (χ1v) is 10.2. The van der Waals surface area contributed by atoms with E-state index < -0.39 is 16.8 Å². The molecule has 0 fully saturated rings. The summed E-state index contributed by atoms with van der Waals surface area (Å²) in [7, 11) is 1.51. The van der Waals surface area contributed by atoms with Crippen molar-refractivity contribution in [3.05, 3.63) is 81.2 Å². The van der Waals surface area contributed by atoms with Crippen molar-refractivity contribution in [1.82, 2.24) is 15.2 Å². The van der Waals surface area contributed by atoms with E-state index in [9.17, 15) is 19.7 Å². The number of amides is 1. The van der Waals surface area contributed by atoms with Crippen LogP contribution in [-0.4, -0.2) is 39.4 Å². The molecule has 34 heavy (non-hydrogen) atoms. The second-order valence-corrected chi connectivity index (χ2v) is 7.31. The zero-order chi connectivity index (χ0) is 24.8. The van der Waals surface area contributed by atoms with Crippen LogP contribution < -0.4 is 14.9 Å². The number of ether oxygens (including phenoxy) is 2. The lowest BCUT2D eigenvalue weighted by Crippen LogP contribution is -2.25. The summed E-state index contributed by atoms with van der Waals surface area (Å²) < 4.78 is 11.7. The standard InChI is InChI=1S/C23H23N5O6/c1-14(24-25-21(29)13-27-16(3)22(28(31)32)15(2)26-27)17-8-10-19(11-9-17)34-23(30)18-6-5-7-20(12-18)33-4/h5-12H,13H2,1-4H3,(H,25,29)/b24-14+. The molecule has 1 aromatic heterocycles. The third-order valence-corrected chi connectivity index (χ3v) is 4.96. The van der Waals surface area contributed by atoms with Gasteiger partial charge in [0.25, 0.3) is 5.91 Å². The molecule has 0 atom stereocenters. The number of aromatic nitrogens is 2. The number of carbonyl (C=O) groups excluding carboxylic acids is 2. The number of rotatable bonds is 8. The molecule has 176 valence electrons. The van der Waals surface area contributed by atoms with Gasteiger partial charge in [0.15, 0.2) is 0 Å². The number of nitrogens with zero attached hydrogens (tertiary/aromatic N) is 4. The normalized spacial score (nSPS) is 11.1. The van der Waals surface area contributed by atoms with Crippen molar-refractivity contribution < 1.29 is 24.0 Å². The lowest BCUT2D eigenvalue weighted by molar-refractivity contribution is -0.386. The highest BCUT2D eigenvalue weighted by atomic mass is 16.6. The summed E-state index contributed by atoms with van der Waals surface area (Å²) in [4.78, 5) is 35.1. The molecular formula is C23H23N5O6. The first kappa shape index (κ1) is 24.1. The molecule has 3 rings (SSSR count). The lowest BCUT2D eigenvalue weighted by atomic mass is 10.1. The number of hydrazone groups is 1. The van der Waals surface area contributed by atoms with E-state index in [2.05, 4.69) is 15.6 Å². The molecule has 0 aliphatic heterocycles. The Morgan fingerprint density at radius 1 is 1.12 bits per heavy atom. The number of methoxy groups -OCH3 is 1. The minimum Gasteiger partial charge on any atom is -0.497 e. The summed E-state index contributed by atoms with van der Waals surface area (Å²) in [6.07, 6.45) is 0. The summed E-state index contributed by atoms with van der Waals surface area (Å²) in [6.45, 7) is 4.53. The molecule has 0 aliphatic carbocycles. The molecule has 3 aromatic rings. The Morgan fingerprint density at radius 3 is 2.44 bits per heavy atom. The first-order chi connectivity index (χ1) is 16.2. The van der Waals surface area contributed by atoms with Gasteiger partial charge in [-0.2, -0.15) is 10.2 Å². The van der Waals surface area contributed by atoms with Crippen LogP contribution in [0.5, 0.6) is 11.5 Å². The lowest BCUT2D eigenvalue weighted by Gasteiger charge is -2.07. The van der Waals surface area contributed by atoms with E-state index in [4.69, 9.17) is 9.47 Å². The van der Waals surface area contributed by atoms with Crippen LogP contribution in [0.2, 0.25) is 0 Å². The molecule has 0 aliphatic rings. The second-order valence-electron chi connectivity index (χ2n) is 7.31. The highest BCUT2D eigenvalue weighted by Gasteiger charge is 2.22. The fourth-order valence-corrected chi connectivity index (χ4v) is 3.17. The predicted molar refractivity (Wildman–Crippen MR) is 123 cm³/mol. The van der Waals surface area contributed by atoms with Crippen LogP contribution in [0, 0.1) is 24.0 Å². The van der Waals surface area contributed by atoms with Crippen LogP contribution in [0.15, 0.2) is 53.6 Å². The van der Waals surface area contributed by atoms with Crippen LogP contribution in [0.25, 0.3) is 0 Å². The maximum absolute atomic E-state index is 12.3. The molecule has 11 heteroatoms. The maximum Gasteiger partial charge on any atom is 0.343 e. The van der Waals surface area contributed by atoms with Gasteiger partial charge in [0.1, 0.15) is 29.4 Å². The fraction of sp³-hybridized carbons (Fsp3) is 0.217. The van der Waals surface area contributed by atoms with Crippen molar-refractivity contribution in [2.24, 2.45) is 5.10 Å². The Labute approximate surface area is 195 Å². The van der Waals surface area contributed by atoms with Gasteiger partial charge in [-0.05, 0) is 68.8 Å². The van der Waals surface area contributed by atoms with Crippen molar-refractivity contribution in [2.75, 3.05) is 7.11 Å². The van der Waals surface area contributed by atoms with Gasteiger partial charge in [-0.25, -0.2) is 10.2 Å². The molecule has 0 saturated heterocycles. The Bertz CT molecular complexity index is 1260. The van der Waals surface area contributed by atoms with Crippen LogP contribution >= 0.6 is 0 Å². The second kappa shape index (κ2) is 10.4. The Hall–Kier alpha value is -4.54. The van der Waals surface area contributed by atoms with Crippen LogP contribution in [0.3, 0.4) is 0 Å². The third-order valence-electron chi connectivity index (χ3n) is 4.96. The number of aryl methyl sites for hydroxylation is 1. The SMILES string of the molecule is COc1cccc(C(=O)Oc2ccc(/C(C)=N/NC(=O)Cn3nc(C)c([N+](=O)[O-])c3C)cc2)c1. The number of benzene rings is 2. The molecule has 0 radical (unpaired) electrons. The van der Waals surface area contributed by atoms with Crippen LogP contribution in [0.1, 0.15) is 34.2 Å².